The van der Waals surface area contributed by atoms with Gasteiger partial charge in [-0.1, -0.05) is 18.0 Å². The zero-order chi connectivity index (χ0) is 15.6. The Bertz CT molecular complexity index is 667. The molecule has 0 bridgehead atoms. The summed E-state index contributed by atoms with van der Waals surface area (Å²) in [5, 5.41) is 18.8. The Hall–Kier alpha value is -1.13. The van der Waals surface area contributed by atoms with Crippen LogP contribution in [0, 0.1) is 11.3 Å². The molecule has 0 aromatic heterocycles. The van der Waals surface area contributed by atoms with Gasteiger partial charge in [0.15, 0.2) is 0 Å². The standard InChI is InChI=1S/C14H17ClN2O3S/c1-10(18)14-4-2-3-7-17(14)21(19,20)12-6-5-11(9-16)13(15)8-12/h5-6,8,10,14,18H,2-4,7H2,1H3. The molecule has 2 rings (SSSR count). The highest BCUT2D eigenvalue weighted by Crippen LogP contribution is 2.29. The van der Waals surface area contributed by atoms with E-state index in [4.69, 9.17) is 16.9 Å². The van der Waals surface area contributed by atoms with E-state index in [1.807, 2.05) is 6.07 Å². The van der Waals surface area contributed by atoms with Gasteiger partial charge >= 0.3 is 0 Å². The van der Waals surface area contributed by atoms with E-state index in [0.717, 1.165) is 12.8 Å². The van der Waals surface area contributed by atoms with E-state index < -0.39 is 22.2 Å². The van der Waals surface area contributed by atoms with E-state index in [2.05, 4.69) is 0 Å². The first kappa shape index (κ1) is 16.2. The van der Waals surface area contributed by atoms with Crippen molar-refractivity contribution in [3.8, 4) is 6.07 Å². The summed E-state index contributed by atoms with van der Waals surface area (Å²) in [5.41, 5.74) is 0.237. The second-order valence-electron chi connectivity index (χ2n) is 5.17. The van der Waals surface area contributed by atoms with Crippen LogP contribution in [-0.4, -0.2) is 36.5 Å². The number of nitriles is 1. The topological polar surface area (TPSA) is 81.4 Å². The third-order valence-electron chi connectivity index (χ3n) is 3.72. The number of piperidine rings is 1. The molecule has 1 heterocycles. The summed E-state index contributed by atoms with van der Waals surface area (Å²) in [6.07, 6.45) is 1.58. The number of aliphatic hydroxyl groups excluding tert-OH is 1. The third kappa shape index (κ3) is 3.22. The van der Waals surface area contributed by atoms with Crippen molar-refractivity contribution in [1.82, 2.24) is 4.31 Å². The molecule has 0 radical (unpaired) electrons. The molecular weight excluding hydrogens is 312 g/mol. The Morgan fingerprint density at radius 2 is 2.19 bits per heavy atom. The van der Waals surface area contributed by atoms with Crippen molar-refractivity contribution in [3.63, 3.8) is 0 Å². The lowest BCUT2D eigenvalue weighted by molar-refractivity contribution is 0.0831. The SMILES string of the molecule is CC(O)C1CCCCN1S(=O)(=O)c1ccc(C#N)c(Cl)c1. The second kappa shape index (κ2) is 6.32. The highest BCUT2D eigenvalue weighted by molar-refractivity contribution is 7.89. The molecule has 1 aromatic carbocycles. The van der Waals surface area contributed by atoms with Gasteiger partial charge in [-0.05, 0) is 38.0 Å². The van der Waals surface area contributed by atoms with Gasteiger partial charge in [0.25, 0.3) is 0 Å². The minimum atomic E-state index is -3.72. The number of hydrogen-bond donors (Lipinski definition) is 1. The number of aliphatic hydroxyl groups is 1. The average Bonchev–Trinajstić information content (AvgIpc) is 2.47. The monoisotopic (exact) mass is 328 g/mol. The number of halogens is 1. The fourth-order valence-electron chi connectivity index (χ4n) is 2.59. The Morgan fingerprint density at radius 3 is 2.76 bits per heavy atom. The predicted molar refractivity (Wildman–Crippen MR) is 79.4 cm³/mol. The largest absolute Gasteiger partial charge is 0.392 e. The van der Waals surface area contributed by atoms with Gasteiger partial charge in [0, 0.05) is 6.54 Å². The molecule has 1 aliphatic heterocycles. The van der Waals surface area contributed by atoms with Gasteiger partial charge in [-0.2, -0.15) is 9.57 Å². The van der Waals surface area contributed by atoms with E-state index in [1.54, 1.807) is 6.92 Å². The number of sulfonamides is 1. The highest BCUT2D eigenvalue weighted by Gasteiger charge is 2.36. The van der Waals surface area contributed by atoms with Crippen molar-refractivity contribution in [2.24, 2.45) is 0 Å². The highest BCUT2D eigenvalue weighted by atomic mass is 35.5. The van der Waals surface area contributed by atoms with Crippen LogP contribution >= 0.6 is 11.6 Å². The summed E-state index contributed by atoms with van der Waals surface area (Å²) in [7, 11) is -3.72. The maximum Gasteiger partial charge on any atom is 0.243 e. The molecular formula is C14H17ClN2O3S. The Morgan fingerprint density at radius 1 is 1.48 bits per heavy atom. The average molecular weight is 329 g/mol. The lowest BCUT2D eigenvalue weighted by Gasteiger charge is -2.36. The van der Waals surface area contributed by atoms with Gasteiger partial charge in [0.1, 0.15) is 6.07 Å². The molecule has 114 valence electrons. The van der Waals surface area contributed by atoms with Gasteiger partial charge in [0.05, 0.1) is 27.6 Å². The lowest BCUT2D eigenvalue weighted by atomic mass is 10.0. The molecule has 7 heteroatoms. The first-order valence-corrected chi connectivity index (χ1v) is 8.59. The fraction of sp³-hybridized carbons (Fsp3) is 0.500. The van der Waals surface area contributed by atoms with E-state index in [-0.39, 0.29) is 15.5 Å². The summed E-state index contributed by atoms with van der Waals surface area (Å²) >= 11 is 5.92. The van der Waals surface area contributed by atoms with Crippen LogP contribution in [0.4, 0.5) is 0 Å². The molecule has 0 aliphatic carbocycles. The molecule has 5 nitrogen and oxygen atoms in total. The van der Waals surface area contributed by atoms with Crippen molar-refractivity contribution in [2.45, 2.75) is 43.2 Å². The molecule has 0 saturated carbocycles. The Kier molecular flexibility index (Phi) is 4.89. The van der Waals surface area contributed by atoms with Crippen LogP contribution in [0.25, 0.3) is 0 Å². The van der Waals surface area contributed by atoms with Crippen molar-refractivity contribution >= 4 is 21.6 Å². The number of benzene rings is 1. The van der Waals surface area contributed by atoms with E-state index in [1.165, 1.54) is 22.5 Å². The van der Waals surface area contributed by atoms with Crippen molar-refractivity contribution in [2.75, 3.05) is 6.54 Å². The molecule has 1 N–H and O–H groups in total. The second-order valence-corrected chi connectivity index (χ2v) is 7.47. The fourth-order valence-corrected chi connectivity index (χ4v) is 4.67. The van der Waals surface area contributed by atoms with Crippen molar-refractivity contribution in [3.05, 3.63) is 28.8 Å². The van der Waals surface area contributed by atoms with Gasteiger partial charge in [-0.3, -0.25) is 0 Å². The molecule has 1 aliphatic rings. The zero-order valence-electron chi connectivity index (χ0n) is 11.7. The molecule has 21 heavy (non-hydrogen) atoms. The maximum absolute atomic E-state index is 12.7. The third-order valence-corrected chi connectivity index (χ3v) is 5.96. The lowest BCUT2D eigenvalue weighted by Crippen LogP contribution is -2.48. The predicted octanol–water partition coefficient (Wildman–Crippen LogP) is 2.14. The van der Waals surface area contributed by atoms with Crippen LogP contribution in [0.5, 0.6) is 0 Å². The van der Waals surface area contributed by atoms with Gasteiger partial charge in [-0.15, -0.1) is 0 Å². The quantitative estimate of drug-likeness (QED) is 0.921. The van der Waals surface area contributed by atoms with Crippen LogP contribution in [0.1, 0.15) is 31.7 Å². The zero-order valence-corrected chi connectivity index (χ0v) is 13.2. The smallest absolute Gasteiger partial charge is 0.243 e. The van der Waals surface area contributed by atoms with Crippen LogP contribution in [0.15, 0.2) is 23.1 Å². The van der Waals surface area contributed by atoms with Crippen molar-refractivity contribution < 1.29 is 13.5 Å². The van der Waals surface area contributed by atoms with Gasteiger partial charge in [0.2, 0.25) is 10.0 Å². The van der Waals surface area contributed by atoms with Gasteiger partial charge < -0.3 is 5.11 Å². The molecule has 0 spiro atoms. The van der Waals surface area contributed by atoms with E-state index in [0.29, 0.717) is 13.0 Å². The summed E-state index contributed by atoms with van der Waals surface area (Å²) in [6.45, 7) is 1.99. The van der Waals surface area contributed by atoms with Crippen molar-refractivity contribution in [1.29, 1.82) is 5.26 Å². The summed E-state index contributed by atoms with van der Waals surface area (Å²) in [6, 6.07) is 5.56. The molecule has 1 fully saturated rings. The summed E-state index contributed by atoms with van der Waals surface area (Å²) in [5.74, 6) is 0. The van der Waals surface area contributed by atoms with E-state index >= 15 is 0 Å². The molecule has 2 unspecified atom stereocenters. The molecule has 1 saturated heterocycles. The summed E-state index contributed by atoms with van der Waals surface area (Å²) < 4.78 is 26.8. The molecule has 2 atom stereocenters. The maximum atomic E-state index is 12.7. The normalized spacial score (nSPS) is 21.7. The minimum Gasteiger partial charge on any atom is -0.392 e. The van der Waals surface area contributed by atoms with Crippen LogP contribution in [0.2, 0.25) is 5.02 Å². The first-order chi connectivity index (χ1) is 9.87. The summed E-state index contributed by atoms with van der Waals surface area (Å²) in [4.78, 5) is 0.0547. The Labute approximate surface area is 129 Å². The molecule has 0 amide bonds. The van der Waals surface area contributed by atoms with Crippen LogP contribution in [-0.2, 0) is 10.0 Å². The van der Waals surface area contributed by atoms with E-state index in [9.17, 15) is 13.5 Å². The Balaban J connectivity index is 2.41. The molecule has 1 aromatic rings. The minimum absolute atomic E-state index is 0.0547. The number of hydrogen-bond acceptors (Lipinski definition) is 4. The number of nitrogens with zero attached hydrogens (tertiary/aromatic N) is 2. The van der Waals surface area contributed by atoms with Crippen LogP contribution < -0.4 is 0 Å². The first-order valence-electron chi connectivity index (χ1n) is 6.77. The van der Waals surface area contributed by atoms with Crippen LogP contribution in [0.3, 0.4) is 0 Å². The van der Waals surface area contributed by atoms with Gasteiger partial charge in [-0.25, -0.2) is 8.42 Å². The number of rotatable bonds is 3.